The van der Waals surface area contributed by atoms with Crippen LogP contribution in [-0.2, 0) is 19.1 Å². The lowest BCUT2D eigenvalue weighted by molar-refractivity contribution is -0.159. The van der Waals surface area contributed by atoms with E-state index < -0.39 is 11.6 Å². The Hall–Kier alpha value is -1.59. The maximum absolute atomic E-state index is 12.8. The molecule has 0 aliphatic rings. The monoisotopic (exact) mass is 370 g/mol. The maximum Gasteiger partial charge on any atom is 0.326 e. The zero-order valence-corrected chi connectivity index (χ0v) is 18.1. The molecule has 0 spiro atoms. The van der Waals surface area contributed by atoms with Crippen LogP contribution in [0.4, 0.5) is 0 Å². The molecule has 0 fully saturated rings. The van der Waals surface area contributed by atoms with Crippen LogP contribution in [-0.4, -0.2) is 60.4 Å². The van der Waals surface area contributed by atoms with Gasteiger partial charge in [0.15, 0.2) is 0 Å². The van der Waals surface area contributed by atoms with Crippen molar-refractivity contribution in [1.29, 1.82) is 0 Å². The van der Waals surface area contributed by atoms with Crippen molar-refractivity contribution >= 4 is 17.8 Å². The third-order valence-corrected chi connectivity index (χ3v) is 3.65. The predicted octanol–water partition coefficient (Wildman–Crippen LogP) is 2.95. The smallest absolute Gasteiger partial charge is 0.326 e. The molecule has 26 heavy (non-hydrogen) atoms. The minimum Gasteiger partial charge on any atom is -0.459 e. The number of carbonyl (C=O) groups is 3. The normalized spacial score (nSPS) is 12.9. The minimum atomic E-state index is -0.593. The van der Waals surface area contributed by atoms with Crippen molar-refractivity contribution in [1.82, 2.24) is 9.80 Å². The molecule has 0 saturated heterocycles. The van der Waals surface area contributed by atoms with Crippen molar-refractivity contribution in [2.75, 3.05) is 27.2 Å². The fraction of sp³-hybridized carbons (Fsp3) is 0.850. The average molecular weight is 371 g/mol. The van der Waals surface area contributed by atoms with Crippen LogP contribution < -0.4 is 0 Å². The van der Waals surface area contributed by atoms with Crippen molar-refractivity contribution < 1.29 is 19.1 Å². The van der Waals surface area contributed by atoms with Gasteiger partial charge in [0.05, 0.1) is 0 Å². The van der Waals surface area contributed by atoms with E-state index in [1.807, 2.05) is 27.7 Å². The topological polar surface area (TPSA) is 66.9 Å². The third-order valence-electron chi connectivity index (χ3n) is 3.65. The van der Waals surface area contributed by atoms with E-state index in [9.17, 15) is 14.4 Å². The van der Waals surface area contributed by atoms with E-state index in [0.717, 1.165) is 0 Å². The summed E-state index contributed by atoms with van der Waals surface area (Å²) in [5, 5.41) is 0. The third kappa shape index (κ3) is 10.4. The molecule has 0 aromatic rings. The highest BCUT2D eigenvalue weighted by Gasteiger charge is 2.29. The van der Waals surface area contributed by atoms with Gasteiger partial charge in [0.25, 0.3) is 0 Å². The molecule has 0 aliphatic heterocycles. The zero-order chi connectivity index (χ0) is 20.7. The molecule has 1 atom stereocenters. The Morgan fingerprint density at radius 2 is 1.50 bits per heavy atom. The number of rotatable bonds is 9. The Kier molecular flexibility index (Phi) is 9.89. The van der Waals surface area contributed by atoms with Gasteiger partial charge in [-0.25, -0.2) is 0 Å². The maximum atomic E-state index is 12.8. The molecule has 0 aliphatic carbocycles. The second-order valence-corrected chi connectivity index (χ2v) is 9.02. The van der Waals surface area contributed by atoms with Crippen LogP contribution in [0.3, 0.4) is 0 Å². The van der Waals surface area contributed by atoms with Crippen LogP contribution in [0.2, 0.25) is 0 Å². The van der Waals surface area contributed by atoms with Crippen molar-refractivity contribution in [3.63, 3.8) is 0 Å². The van der Waals surface area contributed by atoms with Gasteiger partial charge in [-0.3, -0.25) is 14.4 Å². The van der Waals surface area contributed by atoms with E-state index in [2.05, 4.69) is 0 Å². The van der Waals surface area contributed by atoms with Crippen molar-refractivity contribution in [3.8, 4) is 0 Å². The molecule has 2 amide bonds. The van der Waals surface area contributed by atoms with Gasteiger partial charge >= 0.3 is 5.97 Å². The SMILES string of the molecule is CC(C)C[C@H](CC(=O)N(CC(=O)OC(C)(C)C)CC(C)C)C(=O)N(C)C. The highest BCUT2D eigenvalue weighted by molar-refractivity contribution is 5.87. The number of nitrogens with zero attached hydrogens (tertiary/aromatic N) is 2. The van der Waals surface area contributed by atoms with Gasteiger partial charge < -0.3 is 14.5 Å². The largest absolute Gasteiger partial charge is 0.459 e. The Bertz CT molecular complexity index is 479. The molecule has 0 saturated carbocycles. The quantitative estimate of drug-likeness (QED) is 0.585. The summed E-state index contributed by atoms with van der Waals surface area (Å²) in [7, 11) is 3.40. The van der Waals surface area contributed by atoms with E-state index in [-0.39, 0.29) is 36.6 Å². The molecule has 0 radical (unpaired) electrons. The van der Waals surface area contributed by atoms with Crippen molar-refractivity contribution in [2.24, 2.45) is 17.8 Å². The fourth-order valence-corrected chi connectivity index (χ4v) is 2.77. The molecule has 0 aromatic carbocycles. The predicted molar refractivity (Wildman–Crippen MR) is 104 cm³/mol. The first kappa shape index (κ1) is 24.4. The highest BCUT2D eigenvalue weighted by atomic mass is 16.6. The standard InChI is InChI=1S/C20H38N2O4/c1-14(2)10-16(19(25)21(8)9)11-17(23)22(12-15(3)4)13-18(24)26-20(5,6)7/h14-16H,10-13H2,1-9H3/t16-/m1/s1. The van der Waals surface area contributed by atoms with Gasteiger partial charge in [-0.2, -0.15) is 0 Å². The molecule has 152 valence electrons. The van der Waals surface area contributed by atoms with Crippen LogP contribution in [0.1, 0.15) is 61.3 Å². The second kappa shape index (κ2) is 10.5. The Labute approximate surface area is 159 Å². The summed E-state index contributed by atoms with van der Waals surface area (Å²) in [6.45, 7) is 13.8. The van der Waals surface area contributed by atoms with Gasteiger partial charge in [0.2, 0.25) is 11.8 Å². The van der Waals surface area contributed by atoms with Crippen molar-refractivity contribution in [3.05, 3.63) is 0 Å². The molecular formula is C20H38N2O4. The summed E-state index contributed by atoms with van der Waals surface area (Å²) in [4.78, 5) is 40.5. The zero-order valence-electron chi connectivity index (χ0n) is 18.1. The fourth-order valence-electron chi connectivity index (χ4n) is 2.77. The van der Waals surface area contributed by atoms with Crippen molar-refractivity contribution in [2.45, 2.75) is 66.9 Å². The first-order chi connectivity index (χ1) is 11.7. The van der Waals surface area contributed by atoms with Gasteiger partial charge in [0, 0.05) is 33.0 Å². The number of hydrogen-bond donors (Lipinski definition) is 0. The number of hydrogen-bond acceptors (Lipinski definition) is 4. The summed E-state index contributed by atoms with van der Waals surface area (Å²) in [5.74, 6) is -0.494. The Morgan fingerprint density at radius 3 is 1.88 bits per heavy atom. The lowest BCUT2D eigenvalue weighted by Gasteiger charge is -2.28. The van der Waals surface area contributed by atoms with E-state index in [4.69, 9.17) is 4.74 Å². The van der Waals surface area contributed by atoms with Crippen LogP contribution in [0, 0.1) is 17.8 Å². The van der Waals surface area contributed by atoms with E-state index >= 15 is 0 Å². The molecule has 6 heteroatoms. The molecule has 0 N–H and O–H groups in total. The molecule has 0 heterocycles. The molecule has 6 nitrogen and oxygen atoms in total. The lowest BCUT2D eigenvalue weighted by atomic mass is 9.92. The minimum absolute atomic E-state index is 0.0474. The second-order valence-electron chi connectivity index (χ2n) is 9.02. The van der Waals surface area contributed by atoms with Gasteiger partial charge in [-0.05, 0) is 39.0 Å². The average Bonchev–Trinajstić information content (AvgIpc) is 2.41. The summed E-state index contributed by atoms with van der Waals surface area (Å²) in [5.41, 5.74) is -0.593. The molecule has 0 aromatic heterocycles. The molecule has 0 unspecified atom stereocenters. The Balaban J connectivity index is 5.19. The van der Waals surface area contributed by atoms with Gasteiger partial charge in [-0.1, -0.05) is 27.7 Å². The lowest BCUT2D eigenvalue weighted by Crippen LogP contribution is -2.42. The van der Waals surface area contributed by atoms with Crippen LogP contribution in [0.25, 0.3) is 0 Å². The first-order valence-electron chi connectivity index (χ1n) is 9.43. The molecule has 0 rings (SSSR count). The van der Waals surface area contributed by atoms with Gasteiger partial charge in [0.1, 0.15) is 12.1 Å². The van der Waals surface area contributed by atoms with Gasteiger partial charge in [-0.15, -0.1) is 0 Å². The van der Waals surface area contributed by atoms with Crippen LogP contribution in [0.15, 0.2) is 0 Å². The summed E-state index contributed by atoms with van der Waals surface area (Å²) in [6, 6.07) is 0. The summed E-state index contributed by atoms with van der Waals surface area (Å²) < 4.78 is 5.35. The number of esters is 1. The van der Waals surface area contributed by atoms with E-state index in [0.29, 0.717) is 18.9 Å². The van der Waals surface area contributed by atoms with E-state index in [1.165, 1.54) is 9.80 Å². The number of carbonyl (C=O) groups excluding carboxylic acids is 3. The Morgan fingerprint density at radius 1 is 0.962 bits per heavy atom. The van der Waals surface area contributed by atoms with Crippen LogP contribution in [0.5, 0.6) is 0 Å². The molecule has 0 bridgehead atoms. The van der Waals surface area contributed by atoms with Crippen LogP contribution >= 0.6 is 0 Å². The van der Waals surface area contributed by atoms with E-state index in [1.54, 1.807) is 34.9 Å². The summed E-state index contributed by atoms with van der Waals surface area (Å²) >= 11 is 0. The summed E-state index contributed by atoms with van der Waals surface area (Å²) in [6.07, 6.45) is 0.759. The molecular weight excluding hydrogens is 332 g/mol. The first-order valence-corrected chi connectivity index (χ1v) is 9.43. The highest BCUT2D eigenvalue weighted by Crippen LogP contribution is 2.19. The number of amides is 2. The number of ether oxygens (including phenoxy) is 1.